The lowest BCUT2D eigenvalue weighted by Gasteiger charge is -2.04. The van der Waals surface area contributed by atoms with Crippen LogP contribution in [0.5, 0.6) is 0 Å². The molecule has 0 aliphatic carbocycles. The van der Waals surface area contributed by atoms with Crippen LogP contribution >= 0.6 is 23.2 Å². The summed E-state index contributed by atoms with van der Waals surface area (Å²) in [4.78, 5) is 0. The third-order valence-corrected chi connectivity index (χ3v) is 1.64. The van der Waals surface area contributed by atoms with Gasteiger partial charge >= 0.3 is 0 Å². The van der Waals surface area contributed by atoms with Crippen molar-refractivity contribution < 1.29 is 0 Å². The molecule has 3 N–H and O–H groups in total. The fourth-order valence-electron chi connectivity index (χ4n) is 0.684. The third-order valence-electron chi connectivity index (χ3n) is 1.18. The van der Waals surface area contributed by atoms with E-state index in [1.807, 2.05) is 0 Å². The zero-order valence-electron chi connectivity index (χ0n) is 6.22. The quantitative estimate of drug-likeness (QED) is 0.780. The van der Waals surface area contributed by atoms with E-state index in [4.69, 9.17) is 28.9 Å². The van der Waals surface area contributed by atoms with Crippen molar-refractivity contribution >= 4 is 28.9 Å². The summed E-state index contributed by atoms with van der Waals surface area (Å²) in [6.45, 7) is 1.15. The van der Waals surface area contributed by atoms with Gasteiger partial charge in [-0.2, -0.15) is 0 Å². The van der Waals surface area contributed by atoms with Crippen molar-refractivity contribution in [3.63, 3.8) is 0 Å². The molecule has 1 aromatic rings. The summed E-state index contributed by atoms with van der Waals surface area (Å²) in [6.07, 6.45) is 0. The summed E-state index contributed by atoms with van der Waals surface area (Å²) >= 11 is 11.3. The van der Waals surface area contributed by atoms with Crippen molar-refractivity contribution in [3.8, 4) is 0 Å². The highest BCUT2D eigenvalue weighted by Crippen LogP contribution is 2.19. The summed E-state index contributed by atoms with van der Waals surface area (Å²) < 4.78 is 0. The molecule has 0 amide bonds. The minimum Gasteiger partial charge on any atom is -0.381 e. The van der Waals surface area contributed by atoms with Gasteiger partial charge in [-0.1, -0.05) is 23.2 Å². The van der Waals surface area contributed by atoms with Crippen LogP contribution < -0.4 is 11.1 Å². The summed E-state index contributed by atoms with van der Waals surface area (Å²) in [5.41, 5.74) is 5.94. The monoisotopic (exact) mass is 206 g/mol. The Morgan fingerprint density at radius 1 is 1.42 bits per heavy atom. The minimum absolute atomic E-state index is 0.299. The van der Waals surface area contributed by atoms with Crippen molar-refractivity contribution in [3.05, 3.63) is 16.4 Å². The lowest BCUT2D eigenvalue weighted by Crippen LogP contribution is -2.13. The molecule has 0 bridgehead atoms. The highest BCUT2D eigenvalue weighted by molar-refractivity contribution is 6.33. The predicted octanol–water partition coefficient (Wildman–Crippen LogP) is 1.15. The SMILES string of the molecule is NCCNc1cc(Cl)nnc1Cl. The Hall–Kier alpha value is -0.580. The smallest absolute Gasteiger partial charge is 0.174 e. The first kappa shape index (κ1) is 9.51. The van der Waals surface area contributed by atoms with Gasteiger partial charge < -0.3 is 11.1 Å². The van der Waals surface area contributed by atoms with Crippen LogP contribution in [0.4, 0.5) is 5.69 Å². The molecular weight excluding hydrogens is 199 g/mol. The molecule has 0 spiro atoms. The molecule has 0 aliphatic heterocycles. The van der Waals surface area contributed by atoms with Crippen molar-refractivity contribution in [2.24, 2.45) is 5.73 Å². The predicted molar refractivity (Wildman–Crippen MR) is 49.6 cm³/mol. The lowest BCUT2D eigenvalue weighted by atomic mass is 10.4. The second-order valence-electron chi connectivity index (χ2n) is 2.09. The maximum absolute atomic E-state index is 5.70. The van der Waals surface area contributed by atoms with E-state index in [0.717, 1.165) is 0 Å². The number of hydrogen-bond acceptors (Lipinski definition) is 4. The largest absolute Gasteiger partial charge is 0.381 e. The average molecular weight is 207 g/mol. The molecule has 0 saturated carbocycles. The molecule has 1 aromatic heterocycles. The number of anilines is 1. The summed E-state index contributed by atoms with van der Waals surface area (Å²) in [5, 5.41) is 10.7. The molecule has 1 rings (SSSR count). The van der Waals surface area contributed by atoms with Crippen molar-refractivity contribution in [2.45, 2.75) is 0 Å². The highest BCUT2D eigenvalue weighted by Gasteiger charge is 2.01. The highest BCUT2D eigenvalue weighted by atomic mass is 35.5. The molecule has 0 radical (unpaired) electrons. The zero-order valence-corrected chi connectivity index (χ0v) is 7.73. The van der Waals surface area contributed by atoms with E-state index < -0.39 is 0 Å². The van der Waals surface area contributed by atoms with E-state index in [1.54, 1.807) is 6.07 Å². The summed E-state index contributed by atoms with van der Waals surface area (Å²) in [5.74, 6) is 0. The molecule has 4 nitrogen and oxygen atoms in total. The van der Waals surface area contributed by atoms with Gasteiger partial charge in [0.15, 0.2) is 10.3 Å². The molecule has 0 atom stereocenters. The number of rotatable bonds is 3. The van der Waals surface area contributed by atoms with Gasteiger partial charge in [-0.25, -0.2) is 0 Å². The van der Waals surface area contributed by atoms with Crippen molar-refractivity contribution in [1.29, 1.82) is 0 Å². The second kappa shape index (κ2) is 4.45. The molecule has 1 heterocycles. The maximum atomic E-state index is 5.70. The Morgan fingerprint density at radius 2 is 2.17 bits per heavy atom. The van der Waals surface area contributed by atoms with E-state index in [2.05, 4.69) is 15.5 Å². The topological polar surface area (TPSA) is 63.8 Å². The van der Waals surface area contributed by atoms with Crippen LogP contribution in [-0.2, 0) is 0 Å². The first-order valence-corrected chi connectivity index (χ1v) is 4.12. The van der Waals surface area contributed by atoms with Crippen molar-refractivity contribution in [1.82, 2.24) is 10.2 Å². The van der Waals surface area contributed by atoms with E-state index in [0.29, 0.717) is 29.1 Å². The van der Waals surface area contributed by atoms with Gasteiger partial charge in [-0.05, 0) is 0 Å². The number of halogens is 2. The standard InChI is InChI=1S/C6H8Cl2N4/c7-5-3-4(10-2-1-9)6(8)12-11-5/h3H,1-2,9H2,(H,10,11). The Morgan fingerprint density at radius 3 is 2.83 bits per heavy atom. The number of hydrogen-bond donors (Lipinski definition) is 2. The fourth-order valence-corrected chi connectivity index (χ4v) is 0.990. The van der Waals surface area contributed by atoms with Gasteiger partial charge in [0.1, 0.15) is 0 Å². The first-order valence-electron chi connectivity index (χ1n) is 3.36. The van der Waals surface area contributed by atoms with Crippen LogP contribution in [0.3, 0.4) is 0 Å². The van der Waals surface area contributed by atoms with Gasteiger partial charge in [0.25, 0.3) is 0 Å². The van der Waals surface area contributed by atoms with Crippen LogP contribution in [0.15, 0.2) is 6.07 Å². The van der Waals surface area contributed by atoms with Crippen LogP contribution in [-0.4, -0.2) is 23.3 Å². The maximum Gasteiger partial charge on any atom is 0.174 e. The second-order valence-corrected chi connectivity index (χ2v) is 2.83. The number of nitrogens with zero attached hydrogens (tertiary/aromatic N) is 2. The average Bonchev–Trinajstić information content (AvgIpc) is 2.07. The summed E-state index contributed by atoms with van der Waals surface area (Å²) in [7, 11) is 0. The normalized spacial score (nSPS) is 9.92. The fraction of sp³-hybridized carbons (Fsp3) is 0.333. The molecule has 0 unspecified atom stereocenters. The Balaban J connectivity index is 2.75. The number of aromatic nitrogens is 2. The van der Waals surface area contributed by atoms with E-state index >= 15 is 0 Å². The summed E-state index contributed by atoms with van der Waals surface area (Å²) in [6, 6.07) is 1.60. The van der Waals surface area contributed by atoms with Crippen molar-refractivity contribution in [2.75, 3.05) is 18.4 Å². The molecule has 66 valence electrons. The Bertz CT molecular complexity index is 266. The number of nitrogens with one attached hydrogen (secondary N) is 1. The third kappa shape index (κ3) is 2.48. The Kier molecular flexibility index (Phi) is 3.52. The van der Waals surface area contributed by atoms with E-state index in [1.165, 1.54) is 0 Å². The molecule has 0 aliphatic rings. The van der Waals surface area contributed by atoms with Crippen LogP contribution in [0.25, 0.3) is 0 Å². The molecular formula is C6H8Cl2N4. The molecule has 0 aromatic carbocycles. The molecule has 6 heteroatoms. The number of nitrogens with two attached hydrogens (primary N) is 1. The minimum atomic E-state index is 0.299. The molecule has 12 heavy (non-hydrogen) atoms. The van der Waals surface area contributed by atoms with E-state index in [-0.39, 0.29) is 0 Å². The zero-order chi connectivity index (χ0) is 8.97. The molecule has 0 saturated heterocycles. The van der Waals surface area contributed by atoms with Gasteiger partial charge in [0.05, 0.1) is 5.69 Å². The van der Waals surface area contributed by atoms with Gasteiger partial charge in [-0.15, -0.1) is 10.2 Å². The molecule has 0 fully saturated rings. The Labute approximate surface area is 80.1 Å². The van der Waals surface area contributed by atoms with E-state index in [9.17, 15) is 0 Å². The van der Waals surface area contributed by atoms with Crippen LogP contribution in [0.2, 0.25) is 10.3 Å². The first-order chi connectivity index (χ1) is 5.74. The van der Waals surface area contributed by atoms with Crippen LogP contribution in [0.1, 0.15) is 0 Å². The van der Waals surface area contributed by atoms with Gasteiger partial charge in [0.2, 0.25) is 0 Å². The lowest BCUT2D eigenvalue weighted by molar-refractivity contribution is 0.996. The van der Waals surface area contributed by atoms with Crippen LogP contribution in [0, 0.1) is 0 Å². The van der Waals surface area contributed by atoms with Gasteiger partial charge in [0, 0.05) is 19.2 Å². The van der Waals surface area contributed by atoms with Gasteiger partial charge in [-0.3, -0.25) is 0 Å².